The molecular weight excluding hydrogens is 278 g/mol. The number of amides is 1. The highest BCUT2D eigenvalue weighted by molar-refractivity contribution is 9.10. The highest BCUT2D eigenvalue weighted by Crippen LogP contribution is 2.28. The number of carbonyl (C=O) groups excluding carboxylic acids is 1. The summed E-state index contributed by atoms with van der Waals surface area (Å²) in [5.41, 5.74) is 1.10. The van der Waals surface area contributed by atoms with Crippen LogP contribution in [0.25, 0.3) is 0 Å². The Labute approximate surface area is 111 Å². The van der Waals surface area contributed by atoms with E-state index in [0.29, 0.717) is 12.0 Å². The minimum absolute atomic E-state index is 0.0382. The van der Waals surface area contributed by atoms with E-state index < -0.39 is 0 Å². The Kier molecular flexibility index (Phi) is 3.87. The van der Waals surface area contributed by atoms with Gasteiger partial charge in [0.15, 0.2) is 0 Å². The van der Waals surface area contributed by atoms with Crippen molar-refractivity contribution in [1.82, 2.24) is 5.32 Å². The molecule has 0 aliphatic heterocycles. The standard InChI is InChI=1S/C14H18BrNO/c1-9(2)13(14(17)16-12-7-8-12)10-3-5-11(15)6-4-10/h3-6,9,12-13H,7-8H2,1-2H3,(H,16,17). The molecule has 3 heteroatoms. The van der Waals surface area contributed by atoms with Crippen LogP contribution >= 0.6 is 15.9 Å². The van der Waals surface area contributed by atoms with Crippen LogP contribution in [0.3, 0.4) is 0 Å². The zero-order valence-corrected chi connectivity index (χ0v) is 11.8. The average molecular weight is 296 g/mol. The Morgan fingerprint density at radius 3 is 2.35 bits per heavy atom. The molecule has 92 valence electrons. The third-order valence-corrected chi connectivity index (χ3v) is 3.63. The van der Waals surface area contributed by atoms with Gasteiger partial charge in [-0.2, -0.15) is 0 Å². The van der Waals surface area contributed by atoms with Gasteiger partial charge in [-0.1, -0.05) is 41.9 Å². The molecule has 0 bridgehead atoms. The lowest BCUT2D eigenvalue weighted by atomic mass is 9.87. The molecule has 2 nitrogen and oxygen atoms in total. The Balaban J connectivity index is 2.15. The van der Waals surface area contributed by atoms with Crippen molar-refractivity contribution in [3.05, 3.63) is 34.3 Å². The average Bonchev–Trinajstić information content (AvgIpc) is 3.04. The molecule has 0 saturated heterocycles. The van der Waals surface area contributed by atoms with Crippen molar-refractivity contribution in [2.75, 3.05) is 0 Å². The number of hydrogen-bond donors (Lipinski definition) is 1. The van der Waals surface area contributed by atoms with Gasteiger partial charge in [-0.15, -0.1) is 0 Å². The largest absolute Gasteiger partial charge is 0.353 e. The van der Waals surface area contributed by atoms with Gasteiger partial charge in [-0.05, 0) is 36.5 Å². The Hall–Kier alpha value is -0.830. The van der Waals surface area contributed by atoms with Gasteiger partial charge in [-0.25, -0.2) is 0 Å². The summed E-state index contributed by atoms with van der Waals surface area (Å²) in [4.78, 5) is 12.2. The van der Waals surface area contributed by atoms with Crippen LogP contribution < -0.4 is 5.32 Å². The molecule has 0 radical (unpaired) electrons. The maximum absolute atomic E-state index is 12.2. The predicted octanol–water partition coefficient (Wildman–Crippen LogP) is 3.47. The molecule has 1 atom stereocenters. The second kappa shape index (κ2) is 5.21. The smallest absolute Gasteiger partial charge is 0.228 e. The second-order valence-electron chi connectivity index (χ2n) is 5.06. The van der Waals surface area contributed by atoms with Gasteiger partial charge < -0.3 is 5.32 Å². The van der Waals surface area contributed by atoms with Gasteiger partial charge >= 0.3 is 0 Å². The molecule has 1 aromatic rings. The molecule has 0 aromatic heterocycles. The van der Waals surface area contributed by atoms with Crippen LogP contribution in [-0.2, 0) is 4.79 Å². The van der Waals surface area contributed by atoms with Crippen LogP contribution in [0.2, 0.25) is 0 Å². The first-order valence-corrected chi connectivity index (χ1v) is 6.93. The molecule has 1 amide bonds. The van der Waals surface area contributed by atoms with E-state index in [1.54, 1.807) is 0 Å². The van der Waals surface area contributed by atoms with Crippen LogP contribution in [0.5, 0.6) is 0 Å². The van der Waals surface area contributed by atoms with Crippen LogP contribution in [0.15, 0.2) is 28.7 Å². The maximum Gasteiger partial charge on any atom is 0.228 e. The van der Waals surface area contributed by atoms with Gasteiger partial charge in [0.2, 0.25) is 5.91 Å². The highest BCUT2D eigenvalue weighted by atomic mass is 79.9. The molecule has 1 N–H and O–H groups in total. The molecule has 0 spiro atoms. The van der Waals surface area contributed by atoms with Crippen molar-refractivity contribution >= 4 is 21.8 Å². The predicted molar refractivity (Wildman–Crippen MR) is 72.9 cm³/mol. The van der Waals surface area contributed by atoms with E-state index in [1.165, 1.54) is 0 Å². The minimum Gasteiger partial charge on any atom is -0.353 e. The van der Waals surface area contributed by atoms with Gasteiger partial charge in [0.05, 0.1) is 5.92 Å². The summed E-state index contributed by atoms with van der Waals surface area (Å²) in [6, 6.07) is 8.48. The van der Waals surface area contributed by atoms with E-state index in [0.717, 1.165) is 22.9 Å². The molecule has 1 aliphatic carbocycles. The molecule has 1 aliphatic rings. The zero-order valence-electron chi connectivity index (χ0n) is 10.2. The van der Waals surface area contributed by atoms with Gasteiger partial charge in [0.25, 0.3) is 0 Å². The SMILES string of the molecule is CC(C)C(C(=O)NC1CC1)c1ccc(Br)cc1. The first-order chi connectivity index (χ1) is 8.08. The van der Waals surface area contributed by atoms with E-state index in [1.807, 2.05) is 24.3 Å². The van der Waals surface area contributed by atoms with Crippen LogP contribution in [-0.4, -0.2) is 11.9 Å². The first-order valence-electron chi connectivity index (χ1n) is 6.14. The normalized spacial score (nSPS) is 16.9. The summed E-state index contributed by atoms with van der Waals surface area (Å²) in [5, 5.41) is 3.10. The fourth-order valence-corrected chi connectivity index (χ4v) is 2.29. The van der Waals surface area contributed by atoms with E-state index in [9.17, 15) is 4.79 Å². The summed E-state index contributed by atoms with van der Waals surface area (Å²) in [7, 11) is 0. The minimum atomic E-state index is -0.0382. The Bertz CT molecular complexity index is 395. The van der Waals surface area contributed by atoms with Crippen molar-refractivity contribution in [3.63, 3.8) is 0 Å². The maximum atomic E-state index is 12.2. The summed E-state index contributed by atoms with van der Waals surface area (Å²) >= 11 is 3.42. The van der Waals surface area contributed by atoms with Crippen LogP contribution in [0, 0.1) is 5.92 Å². The van der Waals surface area contributed by atoms with Crippen LogP contribution in [0.1, 0.15) is 38.2 Å². The van der Waals surface area contributed by atoms with Crippen molar-refractivity contribution in [2.45, 2.75) is 38.6 Å². The van der Waals surface area contributed by atoms with Crippen LogP contribution in [0.4, 0.5) is 0 Å². The molecule has 17 heavy (non-hydrogen) atoms. The van der Waals surface area contributed by atoms with Crippen molar-refractivity contribution < 1.29 is 4.79 Å². The molecule has 2 rings (SSSR count). The number of rotatable bonds is 4. The van der Waals surface area contributed by atoms with E-state index in [4.69, 9.17) is 0 Å². The number of carbonyl (C=O) groups is 1. The summed E-state index contributed by atoms with van der Waals surface area (Å²) in [5.74, 6) is 0.448. The lowest BCUT2D eigenvalue weighted by Gasteiger charge is -2.20. The number of nitrogens with one attached hydrogen (secondary N) is 1. The summed E-state index contributed by atoms with van der Waals surface area (Å²) < 4.78 is 1.05. The molecular formula is C14H18BrNO. The molecule has 1 fully saturated rings. The van der Waals surface area contributed by atoms with E-state index in [2.05, 4.69) is 35.1 Å². The van der Waals surface area contributed by atoms with Crippen molar-refractivity contribution in [2.24, 2.45) is 5.92 Å². The number of hydrogen-bond acceptors (Lipinski definition) is 1. The van der Waals surface area contributed by atoms with Gasteiger partial charge in [-0.3, -0.25) is 4.79 Å². The van der Waals surface area contributed by atoms with Crippen molar-refractivity contribution in [1.29, 1.82) is 0 Å². The van der Waals surface area contributed by atoms with Crippen molar-refractivity contribution in [3.8, 4) is 0 Å². The third kappa shape index (κ3) is 3.32. The molecule has 1 unspecified atom stereocenters. The van der Waals surface area contributed by atoms with Gasteiger partial charge in [0, 0.05) is 10.5 Å². The number of halogens is 1. The monoisotopic (exact) mass is 295 g/mol. The van der Waals surface area contributed by atoms with Gasteiger partial charge in [0.1, 0.15) is 0 Å². The fourth-order valence-electron chi connectivity index (χ4n) is 2.03. The molecule has 1 aromatic carbocycles. The molecule has 0 heterocycles. The van der Waals surface area contributed by atoms with E-state index >= 15 is 0 Å². The zero-order chi connectivity index (χ0) is 12.4. The topological polar surface area (TPSA) is 29.1 Å². The quantitative estimate of drug-likeness (QED) is 0.905. The third-order valence-electron chi connectivity index (χ3n) is 3.10. The lowest BCUT2D eigenvalue weighted by molar-refractivity contribution is -0.123. The summed E-state index contributed by atoms with van der Waals surface area (Å²) in [6.07, 6.45) is 2.27. The summed E-state index contributed by atoms with van der Waals surface area (Å²) in [6.45, 7) is 4.19. The first kappa shape index (κ1) is 12.6. The highest BCUT2D eigenvalue weighted by Gasteiger charge is 2.29. The lowest BCUT2D eigenvalue weighted by Crippen LogP contribution is -2.33. The fraction of sp³-hybridized carbons (Fsp3) is 0.500. The van der Waals surface area contributed by atoms with E-state index in [-0.39, 0.29) is 11.8 Å². The Morgan fingerprint density at radius 1 is 1.29 bits per heavy atom. The Morgan fingerprint density at radius 2 is 1.88 bits per heavy atom. The molecule has 1 saturated carbocycles. The second-order valence-corrected chi connectivity index (χ2v) is 5.97. The number of benzene rings is 1.